The lowest BCUT2D eigenvalue weighted by Crippen LogP contribution is -2.45. The Kier molecular flexibility index (Phi) is 8.94. The average Bonchev–Trinajstić information content (AvgIpc) is 2.91. The fraction of sp³-hybridized carbons (Fsp3) is 0.765. The van der Waals surface area contributed by atoms with E-state index in [1.54, 1.807) is 0 Å². The SMILES string of the molecule is CCNC(=NCc1cn[nH]c1C)NC1CCC(C(C)C)CC1.I. The highest BCUT2D eigenvalue weighted by Gasteiger charge is 2.23. The molecular weight excluding hydrogens is 401 g/mol. The molecule has 1 heterocycles. The number of aromatic amines is 1. The summed E-state index contributed by atoms with van der Waals surface area (Å²) in [6.07, 6.45) is 7.01. The molecule has 1 fully saturated rings. The Hall–Kier alpha value is -0.790. The topological polar surface area (TPSA) is 65.1 Å². The van der Waals surface area contributed by atoms with E-state index in [4.69, 9.17) is 4.99 Å². The number of rotatable bonds is 5. The van der Waals surface area contributed by atoms with Crippen LogP contribution in [0.25, 0.3) is 0 Å². The Morgan fingerprint density at radius 1 is 1.35 bits per heavy atom. The van der Waals surface area contributed by atoms with E-state index in [-0.39, 0.29) is 24.0 Å². The Morgan fingerprint density at radius 3 is 2.57 bits per heavy atom. The summed E-state index contributed by atoms with van der Waals surface area (Å²) in [5.41, 5.74) is 2.25. The third-order valence-electron chi connectivity index (χ3n) is 4.74. The third kappa shape index (κ3) is 6.31. The summed E-state index contributed by atoms with van der Waals surface area (Å²) in [7, 11) is 0. The summed E-state index contributed by atoms with van der Waals surface area (Å²) in [5.74, 6) is 2.63. The van der Waals surface area contributed by atoms with Crippen molar-refractivity contribution in [3.63, 3.8) is 0 Å². The molecule has 132 valence electrons. The van der Waals surface area contributed by atoms with Crippen molar-refractivity contribution in [2.75, 3.05) is 6.54 Å². The molecule has 0 unspecified atom stereocenters. The minimum absolute atomic E-state index is 0. The van der Waals surface area contributed by atoms with Crippen molar-refractivity contribution < 1.29 is 0 Å². The first kappa shape index (κ1) is 20.3. The number of hydrogen-bond donors (Lipinski definition) is 3. The molecule has 2 rings (SSSR count). The van der Waals surface area contributed by atoms with Crippen molar-refractivity contribution in [2.45, 2.75) is 66.0 Å². The van der Waals surface area contributed by atoms with Crippen LogP contribution in [0.1, 0.15) is 57.7 Å². The Labute approximate surface area is 157 Å². The molecule has 0 aromatic carbocycles. The first-order valence-electron chi connectivity index (χ1n) is 8.63. The van der Waals surface area contributed by atoms with Crippen LogP contribution in [0.15, 0.2) is 11.2 Å². The maximum Gasteiger partial charge on any atom is 0.191 e. The van der Waals surface area contributed by atoms with Crippen LogP contribution in [-0.4, -0.2) is 28.7 Å². The molecule has 3 N–H and O–H groups in total. The molecule has 1 aliphatic carbocycles. The van der Waals surface area contributed by atoms with Gasteiger partial charge in [-0.05, 0) is 51.4 Å². The highest BCUT2D eigenvalue weighted by molar-refractivity contribution is 14.0. The summed E-state index contributed by atoms with van der Waals surface area (Å²) < 4.78 is 0. The van der Waals surface area contributed by atoms with Gasteiger partial charge in [0.1, 0.15) is 0 Å². The molecule has 1 aliphatic rings. The number of aryl methyl sites for hydroxylation is 1. The molecule has 23 heavy (non-hydrogen) atoms. The smallest absolute Gasteiger partial charge is 0.191 e. The molecular formula is C17H32IN5. The van der Waals surface area contributed by atoms with Gasteiger partial charge >= 0.3 is 0 Å². The summed E-state index contributed by atoms with van der Waals surface area (Å²) >= 11 is 0. The number of guanidine groups is 1. The predicted molar refractivity (Wildman–Crippen MR) is 107 cm³/mol. The Bertz CT molecular complexity index is 475. The van der Waals surface area contributed by atoms with E-state index in [2.05, 4.69) is 41.6 Å². The molecule has 5 nitrogen and oxygen atoms in total. The number of aliphatic imine (C=N–C) groups is 1. The third-order valence-corrected chi connectivity index (χ3v) is 4.74. The van der Waals surface area contributed by atoms with Gasteiger partial charge in [-0.25, -0.2) is 4.99 Å². The zero-order chi connectivity index (χ0) is 15.9. The van der Waals surface area contributed by atoms with E-state index in [0.717, 1.165) is 35.6 Å². The number of H-pyrrole nitrogens is 1. The van der Waals surface area contributed by atoms with Gasteiger partial charge in [0.2, 0.25) is 0 Å². The van der Waals surface area contributed by atoms with E-state index in [1.807, 2.05) is 13.1 Å². The number of halogens is 1. The predicted octanol–water partition coefficient (Wildman–Crippen LogP) is 3.61. The van der Waals surface area contributed by atoms with Crippen molar-refractivity contribution in [2.24, 2.45) is 16.8 Å². The minimum Gasteiger partial charge on any atom is -0.357 e. The number of hydrogen-bond acceptors (Lipinski definition) is 2. The van der Waals surface area contributed by atoms with Crippen molar-refractivity contribution in [3.8, 4) is 0 Å². The number of nitrogens with one attached hydrogen (secondary N) is 3. The zero-order valence-corrected chi connectivity index (χ0v) is 17.2. The van der Waals surface area contributed by atoms with Crippen molar-refractivity contribution in [3.05, 3.63) is 17.5 Å². The van der Waals surface area contributed by atoms with E-state index in [0.29, 0.717) is 12.6 Å². The fourth-order valence-electron chi connectivity index (χ4n) is 3.14. The molecule has 0 radical (unpaired) electrons. The standard InChI is InChI=1S/C17H31N5.HI/c1-5-18-17(19-10-15-11-20-22-13(15)4)21-16-8-6-14(7-9-16)12(2)3;/h11-12,14,16H,5-10H2,1-4H3,(H,20,22)(H2,18,19,21);1H. The molecule has 0 atom stereocenters. The van der Waals surface area contributed by atoms with Crippen LogP contribution < -0.4 is 10.6 Å². The largest absolute Gasteiger partial charge is 0.357 e. The van der Waals surface area contributed by atoms with E-state index >= 15 is 0 Å². The van der Waals surface area contributed by atoms with Gasteiger partial charge < -0.3 is 10.6 Å². The lowest BCUT2D eigenvalue weighted by atomic mass is 9.80. The minimum atomic E-state index is 0. The van der Waals surface area contributed by atoms with Gasteiger partial charge in [-0.15, -0.1) is 24.0 Å². The van der Waals surface area contributed by atoms with Crippen LogP contribution in [0, 0.1) is 18.8 Å². The highest BCUT2D eigenvalue weighted by atomic mass is 127. The van der Waals surface area contributed by atoms with Crippen LogP contribution >= 0.6 is 24.0 Å². The van der Waals surface area contributed by atoms with E-state index in [9.17, 15) is 0 Å². The van der Waals surface area contributed by atoms with Crippen LogP contribution in [0.4, 0.5) is 0 Å². The maximum absolute atomic E-state index is 4.70. The second-order valence-electron chi connectivity index (χ2n) is 6.72. The summed E-state index contributed by atoms with van der Waals surface area (Å²) in [5, 5.41) is 14.0. The monoisotopic (exact) mass is 433 g/mol. The van der Waals surface area contributed by atoms with Crippen molar-refractivity contribution >= 4 is 29.9 Å². The van der Waals surface area contributed by atoms with Gasteiger partial charge in [-0.3, -0.25) is 5.10 Å². The summed E-state index contributed by atoms with van der Waals surface area (Å²) in [6.45, 7) is 10.4. The number of aromatic nitrogens is 2. The first-order valence-corrected chi connectivity index (χ1v) is 8.63. The summed E-state index contributed by atoms with van der Waals surface area (Å²) in [4.78, 5) is 4.70. The van der Waals surface area contributed by atoms with E-state index in [1.165, 1.54) is 25.7 Å². The molecule has 1 aromatic rings. The average molecular weight is 433 g/mol. The quantitative estimate of drug-likeness (QED) is 0.378. The van der Waals surface area contributed by atoms with Crippen molar-refractivity contribution in [1.29, 1.82) is 0 Å². The van der Waals surface area contributed by atoms with Crippen LogP contribution in [0.3, 0.4) is 0 Å². The molecule has 6 heteroatoms. The normalized spacial score (nSPS) is 21.9. The van der Waals surface area contributed by atoms with Gasteiger partial charge in [-0.1, -0.05) is 13.8 Å². The van der Waals surface area contributed by atoms with Gasteiger partial charge in [0.05, 0.1) is 12.7 Å². The lowest BCUT2D eigenvalue weighted by molar-refractivity contribution is 0.250. The van der Waals surface area contributed by atoms with E-state index < -0.39 is 0 Å². The van der Waals surface area contributed by atoms with Gasteiger partial charge in [0.25, 0.3) is 0 Å². The first-order chi connectivity index (χ1) is 10.6. The zero-order valence-electron chi connectivity index (χ0n) is 14.9. The number of nitrogens with zero attached hydrogens (tertiary/aromatic N) is 2. The van der Waals surface area contributed by atoms with Crippen LogP contribution in [-0.2, 0) is 6.54 Å². The Morgan fingerprint density at radius 2 is 2.04 bits per heavy atom. The lowest BCUT2D eigenvalue weighted by Gasteiger charge is -2.32. The molecule has 0 saturated heterocycles. The molecule has 0 spiro atoms. The second kappa shape index (κ2) is 10.2. The fourth-order valence-corrected chi connectivity index (χ4v) is 3.14. The molecule has 0 bridgehead atoms. The molecule has 0 aliphatic heterocycles. The van der Waals surface area contributed by atoms with Gasteiger partial charge in [0.15, 0.2) is 5.96 Å². The summed E-state index contributed by atoms with van der Waals surface area (Å²) in [6, 6.07) is 0.554. The van der Waals surface area contributed by atoms with Crippen LogP contribution in [0.2, 0.25) is 0 Å². The van der Waals surface area contributed by atoms with Crippen molar-refractivity contribution in [1.82, 2.24) is 20.8 Å². The Balaban J connectivity index is 0.00000264. The van der Waals surface area contributed by atoms with Gasteiger partial charge in [0, 0.05) is 23.8 Å². The maximum atomic E-state index is 4.70. The molecule has 0 amide bonds. The molecule has 1 aromatic heterocycles. The second-order valence-corrected chi connectivity index (χ2v) is 6.72. The highest BCUT2D eigenvalue weighted by Crippen LogP contribution is 2.29. The van der Waals surface area contributed by atoms with Gasteiger partial charge in [-0.2, -0.15) is 5.10 Å². The van der Waals surface area contributed by atoms with Crippen LogP contribution in [0.5, 0.6) is 0 Å². The molecule has 1 saturated carbocycles.